The monoisotopic (exact) mass is 613 g/mol. The van der Waals surface area contributed by atoms with Crippen molar-refractivity contribution < 1.29 is 117 Å². The van der Waals surface area contributed by atoms with Crippen LogP contribution in [0.4, 0.5) is 0 Å². The Morgan fingerprint density at radius 3 is 1.00 bits per heavy atom. The van der Waals surface area contributed by atoms with Gasteiger partial charge in [-0.1, -0.05) is 0 Å². The van der Waals surface area contributed by atoms with E-state index in [1.54, 1.807) is 0 Å². The number of hydrogen-bond donors (Lipinski definition) is 0. The van der Waals surface area contributed by atoms with E-state index in [0.717, 1.165) is 0 Å². The first-order valence-electron chi connectivity index (χ1n) is 0. The molecular formula is H4AuCeCoGeLa. The Hall–Kier alpha value is 4.36. The summed E-state index contributed by atoms with van der Waals surface area (Å²) in [5, 5.41) is 0. The molecule has 0 aliphatic heterocycles. The maximum Gasteiger partial charge on any atom is 0 e. The molecule has 35 valence electrons. The van der Waals surface area contributed by atoms with Gasteiger partial charge in [-0.25, -0.2) is 0 Å². The standard InChI is InChI=1S/Au.Ce.Co.GeH4.La/h;;;1H4;. The molecule has 0 aromatic heterocycles. The zero-order valence-corrected chi connectivity index (χ0v) is 11.7. The minimum atomic E-state index is 0. The SMILES string of the molecule is [Au].[Ce].[Co].[GeH4].[La]. The van der Waals surface area contributed by atoms with Gasteiger partial charge in [0.05, 0.1) is 0 Å². The molecule has 0 aromatic carbocycles. The molecule has 0 amide bonds. The molecule has 0 saturated heterocycles. The minimum absolute atomic E-state index is 0. The quantitative estimate of drug-likeness (QED) is 0.294. The van der Waals surface area contributed by atoms with Gasteiger partial charge < -0.3 is 0 Å². The van der Waals surface area contributed by atoms with E-state index in [2.05, 4.69) is 0 Å². The summed E-state index contributed by atoms with van der Waals surface area (Å²) in [7, 11) is 0. The molecule has 0 rings (SSSR count). The van der Waals surface area contributed by atoms with E-state index in [1.807, 2.05) is 0 Å². The van der Waals surface area contributed by atoms with Crippen molar-refractivity contribution >= 4 is 17.6 Å². The van der Waals surface area contributed by atoms with E-state index in [9.17, 15) is 0 Å². The van der Waals surface area contributed by atoms with Crippen molar-refractivity contribution in [3.05, 3.63) is 0 Å². The topological polar surface area (TPSA) is 0 Å². The molecule has 0 aromatic rings. The second-order valence-electron chi connectivity index (χ2n) is 0. The third kappa shape index (κ3) is 17.8. The summed E-state index contributed by atoms with van der Waals surface area (Å²) in [6, 6.07) is 0. The number of hydrogen-bond acceptors (Lipinski definition) is 0. The molecule has 0 unspecified atom stereocenters. The van der Waals surface area contributed by atoms with Crippen LogP contribution in [0.3, 0.4) is 0 Å². The van der Waals surface area contributed by atoms with Crippen molar-refractivity contribution in [3.63, 3.8) is 0 Å². The molecule has 0 aliphatic carbocycles. The Bertz CT molecular complexity index is 11.6. The van der Waals surface area contributed by atoms with Crippen LogP contribution >= 0.6 is 0 Å². The van der Waals surface area contributed by atoms with E-state index >= 15 is 0 Å². The zero-order valence-electron chi connectivity index (χ0n) is 1.71. The van der Waals surface area contributed by atoms with Crippen LogP contribution in [-0.2, 0) is 39.2 Å². The summed E-state index contributed by atoms with van der Waals surface area (Å²) in [5.41, 5.74) is 0. The van der Waals surface area contributed by atoms with Crippen molar-refractivity contribution in [3.8, 4) is 0 Å². The van der Waals surface area contributed by atoms with Gasteiger partial charge in [0.25, 0.3) is 0 Å². The van der Waals surface area contributed by atoms with E-state index in [0.29, 0.717) is 0 Å². The van der Waals surface area contributed by atoms with E-state index in [1.165, 1.54) is 0 Å². The summed E-state index contributed by atoms with van der Waals surface area (Å²) in [5.74, 6) is 0. The predicted octanol–water partition coefficient (Wildman–Crippen LogP) is -1.46. The van der Waals surface area contributed by atoms with Crippen LogP contribution in [0.2, 0.25) is 0 Å². The van der Waals surface area contributed by atoms with Gasteiger partial charge in [0.2, 0.25) is 0 Å². The summed E-state index contributed by atoms with van der Waals surface area (Å²) < 4.78 is 0. The third-order valence-corrected chi connectivity index (χ3v) is 0. The molecule has 0 atom stereocenters. The largest absolute Gasteiger partial charge is 0 e. The average molecular weight is 612 g/mol. The van der Waals surface area contributed by atoms with Crippen LogP contribution in [-0.4, -0.2) is 17.6 Å². The summed E-state index contributed by atoms with van der Waals surface area (Å²) in [4.78, 5) is 0. The van der Waals surface area contributed by atoms with Crippen LogP contribution in [0.15, 0.2) is 0 Å². The molecule has 5 heteroatoms. The average Bonchev–Trinajstić information content (AvgIpc) is 0. The van der Waals surface area contributed by atoms with Crippen LogP contribution < -0.4 is 0 Å². The Morgan fingerprint density at radius 1 is 1.00 bits per heavy atom. The molecule has 0 heterocycles. The Kier molecular flexibility index (Phi) is 164. The second-order valence-corrected chi connectivity index (χ2v) is 0. The molecule has 5 heavy (non-hydrogen) atoms. The summed E-state index contributed by atoms with van der Waals surface area (Å²) >= 11 is 0. The smallest absolute Gasteiger partial charge is 0 e. The molecule has 0 aliphatic rings. The van der Waals surface area contributed by atoms with Gasteiger partial charge in [-0.05, 0) is 0 Å². The molecular weight excluding hydrogens is 608 g/mol. The van der Waals surface area contributed by atoms with Crippen LogP contribution in [0.1, 0.15) is 0 Å². The van der Waals surface area contributed by atoms with E-state index < -0.39 is 0 Å². The zero-order chi connectivity index (χ0) is 0. The molecule has 0 nitrogen and oxygen atoms in total. The van der Waals surface area contributed by atoms with Gasteiger partial charge in [0, 0.05) is 117 Å². The van der Waals surface area contributed by atoms with Crippen molar-refractivity contribution in [2.75, 3.05) is 0 Å². The van der Waals surface area contributed by atoms with Gasteiger partial charge in [0.1, 0.15) is 0 Å². The van der Waals surface area contributed by atoms with Crippen LogP contribution in [0.5, 0.6) is 0 Å². The van der Waals surface area contributed by atoms with Gasteiger partial charge >= 0.3 is 17.6 Å². The van der Waals surface area contributed by atoms with E-state index in [4.69, 9.17) is 0 Å². The molecule has 0 bridgehead atoms. The minimum Gasteiger partial charge on any atom is 0 e. The fourth-order valence-electron chi connectivity index (χ4n) is 0. The molecule has 0 spiro atoms. The van der Waals surface area contributed by atoms with E-state index in [-0.39, 0.29) is 134 Å². The first-order chi connectivity index (χ1) is 0. The van der Waals surface area contributed by atoms with Crippen molar-refractivity contribution in [1.82, 2.24) is 0 Å². The Morgan fingerprint density at radius 2 is 1.00 bits per heavy atom. The van der Waals surface area contributed by atoms with Gasteiger partial charge in [-0.15, -0.1) is 0 Å². The fourth-order valence-corrected chi connectivity index (χ4v) is 0. The van der Waals surface area contributed by atoms with Crippen LogP contribution in [0, 0.1) is 77.3 Å². The molecule has 3 radical (unpaired) electrons. The van der Waals surface area contributed by atoms with Gasteiger partial charge in [0.15, 0.2) is 0 Å². The second kappa shape index (κ2) is 23.8. The summed E-state index contributed by atoms with van der Waals surface area (Å²) in [6.45, 7) is 0. The van der Waals surface area contributed by atoms with Crippen LogP contribution in [0.25, 0.3) is 0 Å². The molecule has 0 N–H and O–H groups in total. The first-order valence-corrected chi connectivity index (χ1v) is 0. The Balaban J connectivity index is 0. The van der Waals surface area contributed by atoms with Crippen molar-refractivity contribution in [2.24, 2.45) is 0 Å². The fraction of sp³-hybridized carbons (Fsp3) is 0. The Labute approximate surface area is 130 Å². The molecule has 0 saturated carbocycles. The predicted molar refractivity (Wildman–Crippen MR) is 11.3 cm³/mol. The molecule has 0 fully saturated rings. The van der Waals surface area contributed by atoms with Crippen molar-refractivity contribution in [2.45, 2.75) is 0 Å². The van der Waals surface area contributed by atoms with Crippen molar-refractivity contribution in [1.29, 1.82) is 0 Å². The number of rotatable bonds is 0. The maximum atomic E-state index is 0. The third-order valence-electron chi connectivity index (χ3n) is 0. The first kappa shape index (κ1) is 34.4. The summed E-state index contributed by atoms with van der Waals surface area (Å²) in [6.07, 6.45) is 0. The normalized spacial score (nSPS) is 0. The van der Waals surface area contributed by atoms with Gasteiger partial charge in [-0.2, -0.15) is 0 Å². The maximum absolute atomic E-state index is 0. The van der Waals surface area contributed by atoms with Gasteiger partial charge in [-0.3, -0.25) is 0 Å².